The first-order chi connectivity index (χ1) is 12.6. The van der Waals surface area contributed by atoms with Crippen LogP contribution in [0.3, 0.4) is 0 Å². The van der Waals surface area contributed by atoms with Crippen molar-refractivity contribution in [1.82, 2.24) is 0 Å². The number of aliphatic hydroxyl groups is 4. The summed E-state index contributed by atoms with van der Waals surface area (Å²) in [4.78, 5) is 11.4. The van der Waals surface area contributed by atoms with Gasteiger partial charge >= 0.3 is 11.8 Å². The van der Waals surface area contributed by atoms with Crippen molar-refractivity contribution >= 4 is 16.7 Å². The van der Waals surface area contributed by atoms with E-state index < -0.39 is 54.6 Å². The highest BCUT2D eigenvalue weighted by Crippen LogP contribution is 2.35. The van der Waals surface area contributed by atoms with Crippen LogP contribution in [0.15, 0.2) is 33.5 Å². The topological polar surface area (TPSA) is 132 Å². The second-order valence-electron chi connectivity index (χ2n) is 6.09. The molecule has 8 nitrogen and oxygen atoms in total. The van der Waals surface area contributed by atoms with E-state index in [2.05, 4.69) is 5.32 Å². The number of hydrogen-bond acceptors (Lipinski definition) is 8. The second kappa shape index (κ2) is 7.09. The van der Waals surface area contributed by atoms with Crippen molar-refractivity contribution in [2.45, 2.75) is 36.8 Å². The summed E-state index contributed by atoms with van der Waals surface area (Å²) in [7, 11) is 0. The number of hydrogen-bond donors (Lipinski definition) is 5. The molecule has 2 heterocycles. The summed E-state index contributed by atoms with van der Waals surface area (Å²) < 4.78 is 49.0. The third kappa shape index (κ3) is 3.77. The quantitative estimate of drug-likeness (QED) is 0.463. The van der Waals surface area contributed by atoms with Crippen molar-refractivity contribution in [3.05, 3.63) is 40.2 Å². The Balaban J connectivity index is 1.93. The lowest BCUT2D eigenvalue weighted by Crippen LogP contribution is -2.61. The van der Waals surface area contributed by atoms with Gasteiger partial charge in [0.2, 0.25) is 0 Å². The SMILES string of the molecule is O=c1cc(C(F)(F)F)c2ccc(N[C@@H]3C(O)OC(CO)[C@@H](O)C3O)cc2o1. The van der Waals surface area contributed by atoms with Gasteiger partial charge in [-0.05, 0) is 12.1 Å². The van der Waals surface area contributed by atoms with Crippen LogP contribution in [-0.2, 0) is 10.9 Å². The maximum atomic E-state index is 13.1. The average Bonchev–Trinajstić information content (AvgIpc) is 2.60. The molecule has 3 rings (SSSR count). The number of benzene rings is 1. The molecule has 0 radical (unpaired) electrons. The number of nitrogens with one attached hydrogen (secondary N) is 1. The fraction of sp³-hybridized carbons (Fsp3) is 0.438. The summed E-state index contributed by atoms with van der Waals surface area (Å²) in [5.74, 6) is 0. The van der Waals surface area contributed by atoms with E-state index in [1.54, 1.807) is 0 Å². The van der Waals surface area contributed by atoms with Crippen molar-refractivity contribution in [3.8, 4) is 0 Å². The predicted octanol–water partition coefficient (Wildman–Crippen LogP) is 0.0236. The smallest absolute Gasteiger partial charge is 0.417 e. The van der Waals surface area contributed by atoms with E-state index in [0.717, 1.165) is 12.1 Å². The third-order valence-corrected chi connectivity index (χ3v) is 4.28. The predicted molar refractivity (Wildman–Crippen MR) is 84.9 cm³/mol. The van der Waals surface area contributed by atoms with E-state index >= 15 is 0 Å². The summed E-state index contributed by atoms with van der Waals surface area (Å²) >= 11 is 0. The molecule has 2 aromatic rings. The molecule has 1 aromatic carbocycles. The summed E-state index contributed by atoms with van der Waals surface area (Å²) in [6.45, 7) is -0.636. The Hall–Kier alpha value is -2.18. The zero-order chi connectivity index (χ0) is 19.9. The Morgan fingerprint density at radius 1 is 1.11 bits per heavy atom. The van der Waals surface area contributed by atoms with Crippen LogP contribution < -0.4 is 10.9 Å². The lowest BCUT2D eigenvalue weighted by atomic mass is 9.96. The molecule has 0 saturated carbocycles. The van der Waals surface area contributed by atoms with E-state index in [1.165, 1.54) is 6.07 Å². The molecule has 1 fully saturated rings. The van der Waals surface area contributed by atoms with Gasteiger partial charge in [0.15, 0.2) is 6.29 Å². The third-order valence-electron chi connectivity index (χ3n) is 4.28. The molecule has 1 aliphatic rings. The number of fused-ring (bicyclic) bond motifs is 1. The maximum absolute atomic E-state index is 13.1. The minimum Gasteiger partial charge on any atom is -0.423 e. The van der Waals surface area contributed by atoms with Gasteiger partial charge in [-0.1, -0.05) is 0 Å². The molecule has 5 N–H and O–H groups in total. The van der Waals surface area contributed by atoms with E-state index in [1.807, 2.05) is 0 Å². The molecule has 1 aromatic heterocycles. The van der Waals surface area contributed by atoms with E-state index in [-0.39, 0.29) is 16.7 Å². The number of anilines is 1. The Kier molecular flexibility index (Phi) is 5.14. The lowest BCUT2D eigenvalue weighted by molar-refractivity contribution is -0.245. The Morgan fingerprint density at radius 3 is 2.44 bits per heavy atom. The minimum atomic E-state index is -4.75. The van der Waals surface area contributed by atoms with E-state index in [9.17, 15) is 33.3 Å². The Labute approximate surface area is 149 Å². The van der Waals surface area contributed by atoms with Gasteiger partial charge in [-0.15, -0.1) is 0 Å². The van der Waals surface area contributed by atoms with Crippen molar-refractivity contribution in [1.29, 1.82) is 0 Å². The molecule has 0 amide bonds. The van der Waals surface area contributed by atoms with Crippen molar-refractivity contribution in [2.24, 2.45) is 0 Å². The normalized spacial score (nSPS) is 29.1. The Bertz CT molecular complexity index is 884. The highest BCUT2D eigenvalue weighted by atomic mass is 19.4. The van der Waals surface area contributed by atoms with Crippen LogP contribution in [-0.4, -0.2) is 57.7 Å². The largest absolute Gasteiger partial charge is 0.423 e. The number of aliphatic hydroxyl groups excluding tert-OH is 4. The van der Waals surface area contributed by atoms with E-state index in [0.29, 0.717) is 6.07 Å². The fourth-order valence-electron chi connectivity index (χ4n) is 2.93. The fourth-order valence-corrected chi connectivity index (χ4v) is 2.93. The van der Waals surface area contributed by atoms with Crippen LogP contribution in [0.2, 0.25) is 0 Å². The van der Waals surface area contributed by atoms with Gasteiger partial charge in [-0.3, -0.25) is 0 Å². The molecule has 27 heavy (non-hydrogen) atoms. The molecular formula is C16H16F3NO7. The van der Waals surface area contributed by atoms with Gasteiger partial charge in [0.25, 0.3) is 0 Å². The average molecular weight is 391 g/mol. The first-order valence-electron chi connectivity index (χ1n) is 7.84. The minimum absolute atomic E-state index is 0.103. The number of alkyl halides is 3. The van der Waals surface area contributed by atoms with Crippen LogP contribution >= 0.6 is 0 Å². The first-order valence-corrected chi connectivity index (χ1v) is 7.84. The molecule has 1 aliphatic heterocycles. The Morgan fingerprint density at radius 2 is 1.81 bits per heavy atom. The van der Waals surface area contributed by atoms with Gasteiger partial charge < -0.3 is 34.9 Å². The highest BCUT2D eigenvalue weighted by molar-refractivity contribution is 5.84. The molecule has 5 atom stereocenters. The van der Waals surface area contributed by atoms with Crippen LogP contribution in [0.5, 0.6) is 0 Å². The zero-order valence-electron chi connectivity index (χ0n) is 13.6. The van der Waals surface area contributed by atoms with Crippen LogP contribution in [0.25, 0.3) is 11.0 Å². The number of rotatable bonds is 3. The summed E-state index contributed by atoms with van der Waals surface area (Å²) in [6, 6.07) is 2.48. The summed E-state index contributed by atoms with van der Waals surface area (Å²) in [5.41, 5.74) is -2.59. The van der Waals surface area contributed by atoms with Crippen LogP contribution in [0, 0.1) is 0 Å². The van der Waals surface area contributed by atoms with E-state index in [4.69, 9.17) is 14.3 Å². The highest BCUT2D eigenvalue weighted by Gasteiger charge is 2.43. The van der Waals surface area contributed by atoms with Crippen molar-refractivity contribution < 1.29 is 42.8 Å². The zero-order valence-corrected chi connectivity index (χ0v) is 13.6. The summed E-state index contributed by atoms with van der Waals surface area (Å²) in [6.07, 6.45) is -10.6. The van der Waals surface area contributed by atoms with Gasteiger partial charge in [-0.25, -0.2) is 4.79 Å². The van der Waals surface area contributed by atoms with Crippen LogP contribution in [0.1, 0.15) is 5.56 Å². The first kappa shape index (κ1) is 19.6. The molecule has 0 spiro atoms. The molecule has 148 valence electrons. The molecule has 3 unspecified atom stereocenters. The van der Waals surface area contributed by atoms with Gasteiger partial charge in [0, 0.05) is 23.2 Å². The standard InChI is InChI=1S/C16H16F3NO7/c17-16(18,19)8-4-11(22)26-9-3-6(1-2-7(8)9)20-12-14(24)13(23)10(5-21)27-15(12)25/h1-4,10,12-15,20-21,23-25H,5H2/t10?,12-,13+,14?,15?/m0/s1. The maximum Gasteiger partial charge on any atom is 0.417 e. The monoisotopic (exact) mass is 391 g/mol. The van der Waals surface area contributed by atoms with Gasteiger partial charge in [0.05, 0.1) is 12.2 Å². The van der Waals surface area contributed by atoms with Gasteiger partial charge in [-0.2, -0.15) is 13.2 Å². The second-order valence-corrected chi connectivity index (χ2v) is 6.09. The number of halogens is 3. The molecular weight excluding hydrogens is 375 g/mol. The molecule has 0 bridgehead atoms. The molecule has 1 saturated heterocycles. The van der Waals surface area contributed by atoms with Crippen molar-refractivity contribution in [3.63, 3.8) is 0 Å². The van der Waals surface area contributed by atoms with Crippen LogP contribution in [0.4, 0.5) is 18.9 Å². The molecule has 11 heteroatoms. The van der Waals surface area contributed by atoms with Gasteiger partial charge in [0.1, 0.15) is 29.9 Å². The lowest BCUT2D eigenvalue weighted by Gasteiger charge is -2.40. The number of ether oxygens (including phenoxy) is 1. The van der Waals surface area contributed by atoms with Crippen molar-refractivity contribution in [2.75, 3.05) is 11.9 Å². The summed E-state index contributed by atoms with van der Waals surface area (Å²) in [5, 5.41) is 41.2. The molecule has 0 aliphatic carbocycles.